The van der Waals surface area contributed by atoms with Gasteiger partial charge in [-0.15, -0.1) is 0 Å². The quantitative estimate of drug-likeness (QED) is 0.789. The molecule has 0 radical (unpaired) electrons. The molecular weight excluding hydrogens is 306 g/mol. The molecule has 2 aromatic carbocycles. The van der Waals surface area contributed by atoms with Crippen LogP contribution in [0.5, 0.6) is 0 Å². The molecule has 0 aliphatic heterocycles. The Bertz CT molecular complexity index is 863. The van der Waals surface area contributed by atoms with Gasteiger partial charge in [0.05, 0.1) is 6.20 Å². The maximum Gasteiger partial charge on any atom is 0.0534 e. The number of hydrogen-bond donors (Lipinski definition) is 1. The molecule has 1 atom stereocenters. The molecule has 0 fully saturated rings. The Kier molecular flexibility index (Phi) is 3.49. The number of nitrogens with one attached hydrogen (secondary N) is 1. The number of benzene rings is 2. The van der Waals surface area contributed by atoms with Crippen LogP contribution in [0.25, 0.3) is 0 Å². The van der Waals surface area contributed by atoms with Crippen LogP contribution >= 0.6 is 0 Å². The number of aryl methyl sites for hydroxylation is 1. The topological polar surface area (TPSA) is 29.9 Å². The van der Waals surface area contributed by atoms with Gasteiger partial charge in [0.2, 0.25) is 0 Å². The molecule has 3 heteroatoms. The molecule has 1 aromatic heterocycles. The molecule has 25 heavy (non-hydrogen) atoms. The monoisotopic (exact) mass is 329 g/mol. The molecule has 1 unspecified atom stereocenters. The normalized spacial score (nSPS) is 23.3. The van der Waals surface area contributed by atoms with Crippen molar-refractivity contribution in [3.8, 4) is 0 Å². The molecular formula is C22H23N3. The van der Waals surface area contributed by atoms with Crippen molar-refractivity contribution in [3.05, 3.63) is 88.7 Å². The Hall–Kier alpha value is -2.39. The van der Waals surface area contributed by atoms with Crippen LogP contribution in [-0.4, -0.2) is 16.3 Å². The van der Waals surface area contributed by atoms with Crippen molar-refractivity contribution in [2.75, 3.05) is 6.54 Å². The van der Waals surface area contributed by atoms with E-state index in [0.29, 0.717) is 17.8 Å². The summed E-state index contributed by atoms with van der Waals surface area (Å²) in [4.78, 5) is 0. The summed E-state index contributed by atoms with van der Waals surface area (Å²) in [6, 6.07) is 18.1. The van der Waals surface area contributed by atoms with Crippen molar-refractivity contribution < 1.29 is 0 Å². The van der Waals surface area contributed by atoms with Crippen LogP contribution in [0.15, 0.2) is 60.9 Å². The van der Waals surface area contributed by atoms with E-state index in [1.165, 1.54) is 12.0 Å². The summed E-state index contributed by atoms with van der Waals surface area (Å²) in [6.07, 6.45) is 5.29. The van der Waals surface area contributed by atoms with Gasteiger partial charge in [-0.05, 0) is 41.1 Å². The van der Waals surface area contributed by atoms with E-state index in [1.54, 1.807) is 22.3 Å². The van der Waals surface area contributed by atoms with Gasteiger partial charge in [-0.3, -0.25) is 4.68 Å². The molecule has 3 aliphatic rings. The second kappa shape index (κ2) is 5.85. The van der Waals surface area contributed by atoms with Gasteiger partial charge >= 0.3 is 0 Å². The van der Waals surface area contributed by atoms with Crippen LogP contribution < -0.4 is 5.32 Å². The third-order valence-corrected chi connectivity index (χ3v) is 5.92. The Morgan fingerprint density at radius 2 is 1.64 bits per heavy atom. The van der Waals surface area contributed by atoms with E-state index in [0.717, 1.165) is 13.1 Å². The first-order valence-electron chi connectivity index (χ1n) is 9.17. The Balaban J connectivity index is 1.42. The summed E-state index contributed by atoms with van der Waals surface area (Å²) in [6.45, 7) is 1.95. The van der Waals surface area contributed by atoms with E-state index >= 15 is 0 Å². The Labute approximate surface area is 148 Å². The van der Waals surface area contributed by atoms with Gasteiger partial charge < -0.3 is 5.32 Å². The van der Waals surface area contributed by atoms with E-state index in [9.17, 15) is 0 Å². The van der Waals surface area contributed by atoms with Crippen LogP contribution in [0.4, 0.5) is 0 Å². The van der Waals surface area contributed by atoms with Crippen molar-refractivity contribution >= 4 is 0 Å². The molecule has 3 nitrogen and oxygen atoms in total. The predicted molar refractivity (Wildman–Crippen MR) is 99.6 cm³/mol. The predicted octanol–water partition coefficient (Wildman–Crippen LogP) is 3.81. The molecule has 0 amide bonds. The van der Waals surface area contributed by atoms with Crippen molar-refractivity contribution in [1.82, 2.24) is 15.1 Å². The molecule has 6 rings (SSSR count). The highest BCUT2D eigenvalue weighted by Crippen LogP contribution is 2.55. The fourth-order valence-corrected chi connectivity index (χ4v) is 4.92. The highest BCUT2D eigenvalue weighted by atomic mass is 15.2. The van der Waals surface area contributed by atoms with Gasteiger partial charge in [0.25, 0.3) is 0 Å². The van der Waals surface area contributed by atoms with Crippen molar-refractivity contribution in [2.24, 2.45) is 13.0 Å². The molecule has 2 bridgehead atoms. The standard InChI is InChI=1S/C22H23N3/c1-25-14-15(12-24-25)11-23-13-16-10-21-17-6-2-4-8-19(17)22(16)20-9-5-3-7-18(20)21/h2-9,12,14,16,21-23H,10-11,13H2,1H3. The van der Waals surface area contributed by atoms with Crippen molar-refractivity contribution in [3.63, 3.8) is 0 Å². The summed E-state index contributed by atoms with van der Waals surface area (Å²) >= 11 is 0. The molecule has 1 heterocycles. The van der Waals surface area contributed by atoms with E-state index in [-0.39, 0.29) is 0 Å². The third kappa shape index (κ3) is 2.42. The third-order valence-electron chi connectivity index (χ3n) is 5.92. The average Bonchev–Trinajstić information content (AvgIpc) is 3.07. The zero-order valence-electron chi connectivity index (χ0n) is 14.5. The highest BCUT2D eigenvalue weighted by molar-refractivity contribution is 5.55. The number of aromatic nitrogens is 2. The van der Waals surface area contributed by atoms with Gasteiger partial charge in [0.1, 0.15) is 0 Å². The zero-order chi connectivity index (χ0) is 16.8. The summed E-state index contributed by atoms with van der Waals surface area (Å²) in [5.41, 5.74) is 7.45. The molecule has 3 aliphatic carbocycles. The van der Waals surface area contributed by atoms with Gasteiger partial charge in [-0.25, -0.2) is 0 Å². The number of nitrogens with zero attached hydrogens (tertiary/aromatic N) is 2. The fourth-order valence-electron chi connectivity index (χ4n) is 4.92. The summed E-state index contributed by atoms with van der Waals surface area (Å²) in [5, 5.41) is 7.93. The van der Waals surface area contributed by atoms with E-state index in [4.69, 9.17) is 0 Å². The van der Waals surface area contributed by atoms with Crippen LogP contribution in [-0.2, 0) is 13.6 Å². The molecule has 0 spiro atoms. The van der Waals surface area contributed by atoms with Gasteiger partial charge in [-0.2, -0.15) is 5.10 Å². The Morgan fingerprint density at radius 1 is 1.00 bits per heavy atom. The summed E-state index contributed by atoms with van der Waals surface area (Å²) in [7, 11) is 1.97. The zero-order valence-corrected chi connectivity index (χ0v) is 14.5. The fraction of sp³-hybridized carbons (Fsp3) is 0.318. The lowest BCUT2D eigenvalue weighted by molar-refractivity contribution is 0.339. The first-order chi connectivity index (χ1) is 12.3. The second-order valence-electron chi connectivity index (χ2n) is 7.44. The van der Waals surface area contributed by atoms with E-state index < -0.39 is 0 Å². The molecule has 126 valence electrons. The summed E-state index contributed by atoms with van der Waals surface area (Å²) in [5.74, 6) is 1.74. The maximum atomic E-state index is 4.26. The van der Waals surface area contributed by atoms with Gasteiger partial charge in [-0.1, -0.05) is 48.5 Å². The molecule has 0 saturated carbocycles. The number of rotatable bonds is 4. The van der Waals surface area contributed by atoms with E-state index in [1.807, 2.05) is 17.9 Å². The van der Waals surface area contributed by atoms with Crippen molar-refractivity contribution in [2.45, 2.75) is 24.8 Å². The minimum Gasteiger partial charge on any atom is -0.312 e. The second-order valence-corrected chi connectivity index (χ2v) is 7.44. The van der Waals surface area contributed by atoms with Crippen LogP contribution in [0.1, 0.15) is 46.1 Å². The first-order valence-corrected chi connectivity index (χ1v) is 9.17. The Morgan fingerprint density at radius 3 is 2.24 bits per heavy atom. The number of fused-ring (bicyclic) bond motifs is 1. The summed E-state index contributed by atoms with van der Waals surface area (Å²) < 4.78 is 1.87. The van der Waals surface area contributed by atoms with Gasteiger partial charge in [0.15, 0.2) is 0 Å². The lowest BCUT2D eigenvalue weighted by atomic mass is 9.59. The smallest absolute Gasteiger partial charge is 0.0534 e. The number of hydrogen-bond acceptors (Lipinski definition) is 2. The maximum absolute atomic E-state index is 4.26. The molecule has 0 saturated heterocycles. The van der Waals surface area contributed by atoms with Crippen LogP contribution in [0.3, 0.4) is 0 Å². The lowest BCUT2D eigenvalue weighted by Crippen LogP contribution is -2.37. The van der Waals surface area contributed by atoms with Gasteiger partial charge in [0, 0.05) is 37.2 Å². The van der Waals surface area contributed by atoms with Crippen LogP contribution in [0, 0.1) is 5.92 Å². The minimum atomic E-state index is 0.527. The SMILES string of the molecule is Cn1cc(CNCC2CC3c4ccccc4C2c2ccccc23)cn1. The van der Waals surface area contributed by atoms with E-state index in [2.05, 4.69) is 65.1 Å². The first kappa shape index (κ1) is 14.9. The average molecular weight is 329 g/mol. The highest BCUT2D eigenvalue weighted by Gasteiger charge is 2.42. The largest absolute Gasteiger partial charge is 0.312 e. The van der Waals surface area contributed by atoms with Crippen molar-refractivity contribution in [1.29, 1.82) is 0 Å². The van der Waals surface area contributed by atoms with Crippen LogP contribution in [0.2, 0.25) is 0 Å². The molecule has 1 N–H and O–H groups in total. The lowest BCUT2D eigenvalue weighted by Gasteiger charge is -2.45. The minimum absolute atomic E-state index is 0.527. The molecule has 3 aromatic rings.